The Hall–Kier alpha value is -7.05. The number of aryl methyl sites for hydroxylation is 2. The largest absolute Gasteiger partial charge is 0.491 e. The summed E-state index contributed by atoms with van der Waals surface area (Å²) in [5, 5.41) is 32.9. The van der Waals surface area contributed by atoms with Gasteiger partial charge in [0, 0.05) is 96.4 Å². The second-order valence-electron chi connectivity index (χ2n) is 14.0. The van der Waals surface area contributed by atoms with Crippen LogP contribution in [0, 0.1) is 29.6 Å². The van der Waals surface area contributed by atoms with Crippen molar-refractivity contribution in [2.45, 2.75) is 83.7 Å². The molecule has 0 spiro atoms. The fourth-order valence-electron chi connectivity index (χ4n) is 6.15. The molecule has 19 nitrogen and oxygen atoms in total. The van der Waals surface area contributed by atoms with E-state index in [1.165, 1.54) is 0 Å². The Morgan fingerprint density at radius 3 is 1.62 bits per heavy atom. The fourth-order valence-corrected chi connectivity index (χ4v) is 6.15. The Labute approximate surface area is 356 Å². The zero-order chi connectivity index (χ0) is 46.9. The van der Waals surface area contributed by atoms with E-state index in [9.17, 15) is 45.5 Å². The number of hydrogen-bond donors (Lipinski definition) is 2. The van der Waals surface area contributed by atoms with Gasteiger partial charge in [-0.25, -0.2) is 19.6 Å². The van der Waals surface area contributed by atoms with Gasteiger partial charge in [0.15, 0.2) is 5.82 Å². The van der Waals surface area contributed by atoms with Crippen LogP contribution < -0.4 is 15.5 Å². The van der Waals surface area contributed by atoms with Crippen molar-refractivity contribution in [3.63, 3.8) is 0 Å². The lowest BCUT2D eigenvalue weighted by molar-refractivity contribution is -0.221. The molecule has 0 saturated carbocycles. The number of hydrogen-bond acceptors (Lipinski definition) is 16. The lowest BCUT2D eigenvalue weighted by Crippen LogP contribution is -2.54. The van der Waals surface area contributed by atoms with E-state index in [-0.39, 0.29) is 29.7 Å². The number of amides is 2. The highest BCUT2D eigenvalue weighted by molar-refractivity contribution is 5.90. The molecule has 2 amide bonds. The molecule has 2 fully saturated rings. The molecule has 2 saturated heterocycles. The second-order valence-corrected chi connectivity index (χ2v) is 14.0. The standard InChI is InChI=1S/C18H22N6O2.C16H22N6O2.C4F6O3/c1-13-12-23(17-7-6-15(10-19)11-20-17)8-9-24(13)18(25)5-3-4-16-21-14(2)26-22-16;1-12-11-21(15-6-5-13(9-17)10-19-15)7-8-22(12)16(23)4-2-3-14(18)20-24;5-3(6,7)1(11)13-2(12)4(8,9)10/h6-7,11,13H,3-5,8-9,12H2,1-2H3;5-6,10,12,24H,2-4,7-8,11H2,1H3,(H2,18,20);. The summed E-state index contributed by atoms with van der Waals surface area (Å²) in [5.41, 5.74) is 6.49. The van der Waals surface area contributed by atoms with Crippen molar-refractivity contribution in [1.82, 2.24) is 29.9 Å². The van der Waals surface area contributed by atoms with Gasteiger partial charge in [0.25, 0.3) is 0 Å². The van der Waals surface area contributed by atoms with Crippen LogP contribution in [-0.4, -0.2) is 128 Å². The van der Waals surface area contributed by atoms with Crippen LogP contribution in [-0.2, 0) is 30.3 Å². The molecule has 340 valence electrons. The fraction of sp³-hybridized carbons (Fsp3) is 0.500. The molecule has 63 heavy (non-hydrogen) atoms. The predicted octanol–water partition coefficient (Wildman–Crippen LogP) is 3.79. The summed E-state index contributed by atoms with van der Waals surface area (Å²) < 4.78 is 74.6. The molecule has 2 atom stereocenters. The second kappa shape index (κ2) is 23.2. The average molecular weight is 895 g/mol. The summed E-state index contributed by atoms with van der Waals surface area (Å²) in [7, 11) is 0. The lowest BCUT2D eigenvalue weighted by Gasteiger charge is -2.40. The summed E-state index contributed by atoms with van der Waals surface area (Å²) in [5.74, 6) is -3.15. The number of halogens is 6. The van der Waals surface area contributed by atoms with Crippen LogP contribution in [0.4, 0.5) is 38.0 Å². The van der Waals surface area contributed by atoms with E-state index in [1.54, 1.807) is 31.5 Å². The van der Waals surface area contributed by atoms with E-state index in [1.807, 2.05) is 28.9 Å². The number of nitriles is 2. The number of oxime groups is 1. The van der Waals surface area contributed by atoms with Crippen LogP contribution in [0.5, 0.6) is 0 Å². The molecule has 3 aromatic rings. The highest BCUT2D eigenvalue weighted by Gasteiger charge is 2.49. The number of carbonyl (C=O) groups excluding carboxylic acids is 4. The SMILES string of the molecule is CC1CN(c2ccc(C#N)cn2)CCN1C(=O)CCC/C(N)=N/O.Cc1nc(CCCC(=O)N2CCN(c3ccc(C#N)cn3)CC2C)no1.O=C(OC(=O)C(F)(F)F)C(F)(F)F. The Kier molecular flexibility index (Phi) is 18.6. The molecule has 5 heterocycles. The van der Waals surface area contributed by atoms with Crippen LogP contribution in [0.2, 0.25) is 0 Å². The molecule has 0 bridgehead atoms. The quantitative estimate of drug-likeness (QED) is 0.0558. The maximum absolute atomic E-state index is 12.5. The molecule has 3 N–H and O–H groups in total. The third-order valence-electron chi connectivity index (χ3n) is 9.26. The number of nitrogens with two attached hydrogens (primary N) is 1. The maximum Gasteiger partial charge on any atom is 0.491 e. The van der Waals surface area contributed by atoms with Crippen LogP contribution >= 0.6 is 0 Å². The van der Waals surface area contributed by atoms with E-state index < -0.39 is 24.3 Å². The van der Waals surface area contributed by atoms with E-state index in [0.29, 0.717) is 87.5 Å². The highest BCUT2D eigenvalue weighted by atomic mass is 19.4. The minimum absolute atomic E-state index is 0.0764. The number of alkyl halides is 6. The Balaban J connectivity index is 0.000000266. The smallest absolute Gasteiger partial charge is 0.409 e. The molecule has 3 aromatic heterocycles. The highest BCUT2D eigenvalue weighted by Crippen LogP contribution is 2.23. The van der Waals surface area contributed by atoms with Crippen LogP contribution in [0.1, 0.15) is 68.8 Å². The van der Waals surface area contributed by atoms with Crippen molar-refractivity contribution in [1.29, 1.82) is 10.5 Å². The van der Waals surface area contributed by atoms with Gasteiger partial charge in [-0.1, -0.05) is 10.3 Å². The summed E-state index contributed by atoms with van der Waals surface area (Å²) in [4.78, 5) is 65.0. The number of anilines is 2. The number of carbonyl (C=O) groups is 4. The molecule has 0 aliphatic carbocycles. The third kappa shape index (κ3) is 16.1. The van der Waals surface area contributed by atoms with Crippen molar-refractivity contribution in [3.05, 3.63) is 59.5 Å². The molecule has 2 aliphatic heterocycles. The number of ether oxygens (including phenoxy) is 1. The Morgan fingerprint density at radius 1 is 0.810 bits per heavy atom. The minimum atomic E-state index is -5.62. The van der Waals surface area contributed by atoms with E-state index in [4.69, 9.17) is 26.0 Å². The molecule has 2 unspecified atom stereocenters. The first-order valence-corrected chi connectivity index (χ1v) is 19.1. The third-order valence-corrected chi connectivity index (χ3v) is 9.26. The minimum Gasteiger partial charge on any atom is -0.409 e. The number of aromatic nitrogens is 4. The van der Waals surface area contributed by atoms with Gasteiger partial charge in [-0.2, -0.15) is 41.9 Å². The van der Waals surface area contributed by atoms with Crippen molar-refractivity contribution >= 4 is 41.2 Å². The van der Waals surface area contributed by atoms with Gasteiger partial charge in [0.05, 0.1) is 11.1 Å². The number of nitrogens with zero attached hydrogens (tertiary/aromatic N) is 11. The van der Waals surface area contributed by atoms with Gasteiger partial charge in [-0.15, -0.1) is 0 Å². The normalized spacial score (nSPS) is 16.7. The number of esters is 2. The van der Waals surface area contributed by atoms with E-state index in [0.717, 1.165) is 24.7 Å². The predicted molar refractivity (Wildman–Crippen MR) is 207 cm³/mol. The molecule has 0 radical (unpaired) electrons. The molecule has 0 aromatic carbocycles. The summed E-state index contributed by atoms with van der Waals surface area (Å²) in [6.45, 7) is 9.99. The van der Waals surface area contributed by atoms with Gasteiger partial charge in [0.2, 0.25) is 17.7 Å². The number of amidine groups is 1. The van der Waals surface area contributed by atoms with E-state index in [2.05, 4.69) is 58.9 Å². The number of piperazine rings is 2. The first kappa shape index (κ1) is 50.3. The van der Waals surface area contributed by atoms with E-state index >= 15 is 0 Å². The maximum atomic E-state index is 12.5. The lowest BCUT2D eigenvalue weighted by atomic mass is 10.1. The first-order chi connectivity index (χ1) is 29.7. The first-order valence-electron chi connectivity index (χ1n) is 19.1. The van der Waals surface area contributed by atoms with Crippen LogP contribution in [0.15, 0.2) is 46.3 Å². The van der Waals surface area contributed by atoms with Crippen molar-refractivity contribution in [2.24, 2.45) is 10.9 Å². The topological polar surface area (TPSA) is 261 Å². The van der Waals surface area contributed by atoms with Gasteiger partial charge in [-0.05, 0) is 51.0 Å². The molecule has 2 aliphatic rings. The van der Waals surface area contributed by atoms with Crippen LogP contribution in [0.3, 0.4) is 0 Å². The van der Waals surface area contributed by atoms with Gasteiger partial charge < -0.3 is 39.8 Å². The van der Waals surface area contributed by atoms with Crippen molar-refractivity contribution < 1.29 is 60.0 Å². The molecule has 25 heteroatoms. The number of rotatable bonds is 10. The monoisotopic (exact) mass is 894 g/mol. The van der Waals surface area contributed by atoms with Crippen LogP contribution in [0.25, 0.3) is 0 Å². The molecular weight excluding hydrogens is 850 g/mol. The molecule has 5 rings (SSSR count). The summed E-state index contributed by atoms with van der Waals surface area (Å²) in [6, 6.07) is 11.5. The van der Waals surface area contributed by atoms with Crippen molar-refractivity contribution in [2.75, 3.05) is 49.1 Å². The Bertz CT molecular complexity index is 2100. The van der Waals surface area contributed by atoms with Gasteiger partial charge in [0.1, 0.15) is 29.6 Å². The Morgan fingerprint density at radius 2 is 1.27 bits per heavy atom. The summed E-state index contributed by atoms with van der Waals surface area (Å²) >= 11 is 0. The van der Waals surface area contributed by atoms with Gasteiger partial charge in [-0.3, -0.25) is 9.59 Å². The molecular formula is C38H44F6N12O7. The van der Waals surface area contributed by atoms with Crippen molar-refractivity contribution in [3.8, 4) is 12.1 Å². The summed E-state index contributed by atoms with van der Waals surface area (Å²) in [6.07, 6.45) is -4.91. The zero-order valence-corrected chi connectivity index (χ0v) is 34.3. The number of pyridine rings is 2. The van der Waals surface area contributed by atoms with Gasteiger partial charge >= 0.3 is 24.3 Å². The average Bonchev–Trinajstić information content (AvgIpc) is 3.67. The zero-order valence-electron chi connectivity index (χ0n) is 34.3.